The van der Waals surface area contributed by atoms with Gasteiger partial charge in [0.25, 0.3) is 0 Å². The van der Waals surface area contributed by atoms with Crippen LogP contribution in [0.3, 0.4) is 0 Å². The van der Waals surface area contributed by atoms with E-state index in [0.29, 0.717) is 29.2 Å². The molecule has 1 atom stereocenters. The summed E-state index contributed by atoms with van der Waals surface area (Å²) in [5.41, 5.74) is 2.88. The lowest BCUT2D eigenvalue weighted by Gasteiger charge is -2.21. The van der Waals surface area contributed by atoms with Crippen LogP contribution in [0.25, 0.3) is 0 Å². The SMILES string of the molecule is CC(=O)N(C[C@H]1CN(c2ccc(N3Cc4cn(C)nc4C3)c(F)c2)C(=O)O1)C(=O)OCOC(=O)c1ccc(COP(=O)(O)O)cc1. The number of aryl methyl sites for hydroxylation is 1. The van der Waals surface area contributed by atoms with E-state index in [4.69, 9.17) is 24.0 Å². The molecule has 0 unspecified atom stereocenters. The Kier molecular flexibility index (Phi) is 9.39. The Balaban J connectivity index is 1.12. The topological polar surface area (TPSA) is 190 Å². The summed E-state index contributed by atoms with van der Waals surface area (Å²) < 4.78 is 47.2. The largest absolute Gasteiger partial charge is 0.469 e. The molecular weight excluding hydrogens is 632 g/mol. The van der Waals surface area contributed by atoms with E-state index in [-0.39, 0.29) is 30.9 Å². The quantitative estimate of drug-likeness (QED) is 0.183. The third-order valence-corrected chi connectivity index (χ3v) is 7.56. The van der Waals surface area contributed by atoms with Gasteiger partial charge in [-0.1, -0.05) is 12.1 Å². The van der Waals surface area contributed by atoms with Crippen molar-refractivity contribution in [3.05, 3.63) is 76.9 Å². The van der Waals surface area contributed by atoms with Gasteiger partial charge in [-0.25, -0.2) is 28.2 Å². The highest BCUT2D eigenvalue weighted by Crippen LogP contribution is 2.37. The lowest BCUT2D eigenvalue weighted by molar-refractivity contribution is -0.128. The molecule has 2 aromatic carbocycles. The summed E-state index contributed by atoms with van der Waals surface area (Å²) in [4.78, 5) is 70.9. The molecule has 16 nitrogen and oxygen atoms in total. The number of imide groups is 1. The molecule has 0 saturated carbocycles. The number of benzene rings is 2. The van der Waals surface area contributed by atoms with Crippen LogP contribution < -0.4 is 9.80 Å². The van der Waals surface area contributed by atoms with Crippen molar-refractivity contribution in [3.8, 4) is 0 Å². The van der Waals surface area contributed by atoms with Gasteiger partial charge in [0.2, 0.25) is 12.7 Å². The molecule has 0 radical (unpaired) electrons. The van der Waals surface area contributed by atoms with Crippen LogP contribution in [0, 0.1) is 5.82 Å². The standard InChI is InChI=1S/C28H29FN5O11P/c1-17(35)33(27(37)43-16-42-26(36)19-5-3-18(4-6-19)15-44-46(39,40)41)12-22-13-34(28(38)45-22)21-7-8-25(23(29)9-21)32-11-20-10-31(2)30-24(20)14-32/h3-10,22H,11-16H2,1-2H3,(H2,39,40,41)/t22-/m0/s1. The van der Waals surface area contributed by atoms with Crippen LogP contribution in [-0.4, -0.2) is 74.5 Å². The van der Waals surface area contributed by atoms with E-state index in [1.807, 2.05) is 18.1 Å². The highest BCUT2D eigenvalue weighted by atomic mass is 31.2. The number of anilines is 2. The summed E-state index contributed by atoms with van der Waals surface area (Å²) in [6.45, 7) is 0.355. The molecule has 46 heavy (non-hydrogen) atoms. The molecule has 1 fully saturated rings. The molecule has 0 spiro atoms. The number of halogens is 1. The predicted molar refractivity (Wildman–Crippen MR) is 155 cm³/mol. The number of nitrogens with zero attached hydrogens (tertiary/aromatic N) is 5. The van der Waals surface area contributed by atoms with E-state index < -0.39 is 50.6 Å². The maximum atomic E-state index is 15.2. The number of esters is 1. The third-order valence-electron chi connectivity index (χ3n) is 7.10. The summed E-state index contributed by atoms with van der Waals surface area (Å²) in [5.74, 6) is -2.15. The molecule has 18 heteroatoms. The maximum Gasteiger partial charge on any atom is 0.469 e. The number of cyclic esters (lactones) is 1. The molecule has 2 aliphatic heterocycles. The minimum atomic E-state index is -4.66. The summed E-state index contributed by atoms with van der Waals surface area (Å²) in [6, 6.07) is 9.75. The molecule has 1 aromatic heterocycles. The highest BCUT2D eigenvalue weighted by molar-refractivity contribution is 7.46. The van der Waals surface area contributed by atoms with Gasteiger partial charge in [-0.2, -0.15) is 5.10 Å². The Hall–Kier alpha value is -4.83. The molecule has 1 saturated heterocycles. The Morgan fingerprint density at radius 1 is 1.13 bits per heavy atom. The molecule has 0 bridgehead atoms. The molecule has 2 aliphatic rings. The smallest absolute Gasteiger partial charge is 0.442 e. The molecule has 3 heterocycles. The number of rotatable bonds is 10. The first-order chi connectivity index (χ1) is 21.8. The van der Waals surface area contributed by atoms with Crippen LogP contribution in [0.1, 0.15) is 34.1 Å². The zero-order chi connectivity index (χ0) is 33.2. The average Bonchev–Trinajstić information content (AvgIpc) is 3.66. The van der Waals surface area contributed by atoms with Gasteiger partial charge < -0.3 is 28.9 Å². The normalized spacial score (nSPS) is 15.8. The Morgan fingerprint density at radius 2 is 1.87 bits per heavy atom. The van der Waals surface area contributed by atoms with E-state index in [1.165, 1.54) is 35.2 Å². The van der Waals surface area contributed by atoms with Gasteiger partial charge in [-0.05, 0) is 35.9 Å². The van der Waals surface area contributed by atoms with Crippen LogP contribution in [0.2, 0.25) is 0 Å². The van der Waals surface area contributed by atoms with Gasteiger partial charge in [0, 0.05) is 32.3 Å². The monoisotopic (exact) mass is 661 g/mol. The number of phosphoric acid groups is 1. The van der Waals surface area contributed by atoms with Gasteiger partial charge in [-0.3, -0.25) is 18.9 Å². The van der Waals surface area contributed by atoms with Crippen molar-refractivity contribution in [2.24, 2.45) is 7.05 Å². The van der Waals surface area contributed by atoms with E-state index >= 15 is 4.39 Å². The highest BCUT2D eigenvalue weighted by Gasteiger charge is 2.36. The number of carbonyl (C=O) groups is 4. The number of phosphoric ester groups is 1. The number of ether oxygens (including phenoxy) is 3. The van der Waals surface area contributed by atoms with Crippen LogP contribution in [0.4, 0.5) is 25.4 Å². The van der Waals surface area contributed by atoms with Crippen molar-refractivity contribution in [1.82, 2.24) is 14.7 Å². The third kappa shape index (κ3) is 7.69. The van der Waals surface area contributed by atoms with E-state index in [9.17, 15) is 23.7 Å². The lowest BCUT2D eigenvalue weighted by atomic mass is 10.1. The minimum Gasteiger partial charge on any atom is -0.442 e. The van der Waals surface area contributed by atoms with Gasteiger partial charge >= 0.3 is 26.0 Å². The van der Waals surface area contributed by atoms with Gasteiger partial charge in [0.1, 0.15) is 11.9 Å². The number of hydrogen-bond acceptors (Lipinski definition) is 11. The van der Waals surface area contributed by atoms with Crippen LogP contribution in [0.5, 0.6) is 0 Å². The minimum absolute atomic E-state index is 0.0458. The van der Waals surface area contributed by atoms with Crippen LogP contribution in [-0.2, 0) is 54.8 Å². The number of aromatic nitrogens is 2. The first kappa shape index (κ1) is 32.6. The fraction of sp³-hybridized carbons (Fsp3) is 0.321. The van der Waals surface area contributed by atoms with Crippen molar-refractivity contribution in [2.45, 2.75) is 32.7 Å². The summed E-state index contributed by atoms with van der Waals surface area (Å²) >= 11 is 0. The Labute approximate surface area is 261 Å². The first-order valence-electron chi connectivity index (χ1n) is 13.7. The fourth-order valence-electron chi connectivity index (χ4n) is 4.93. The van der Waals surface area contributed by atoms with Crippen LogP contribution in [0.15, 0.2) is 48.7 Å². The molecule has 5 rings (SSSR count). The number of fused-ring (bicyclic) bond motifs is 1. The summed E-state index contributed by atoms with van der Waals surface area (Å²) in [7, 11) is -2.84. The number of hydrogen-bond donors (Lipinski definition) is 2. The summed E-state index contributed by atoms with van der Waals surface area (Å²) in [5, 5.41) is 4.37. The second-order valence-corrected chi connectivity index (χ2v) is 11.7. The van der Waals surface area contributed by atoms with Crippen molar-refractivity contribution < 1.29 is 56.7 Å². The zero-order valence-electron chi connectivity index (χ0n) is 24.6. The fourth-order valence-corrected chi connectivity index (χ4v) is 5.25. The number of carbonyl (C=O) groups excluding carboxylic acids is 4. The van der Waals surface area contributed by atoms with Crippen molar-refractivity contribution in [2.75, 3.05) is 29.7 Å². The van der Waals surface area contributed by atoms with Gasteiger partial charge in [0.05, 0.1) is 48.9 Å². The molecule has 3 amide bonds. The second kappa shape index (κ2) is 13.3. The van der Waals surface area contributed by atoms with E-state index in [0.717, 1.165) is 18.2 Å². The van der Waals surface area contributed by atoms with Crippen molar-refractivity contribution >= 4 is 43.3 Å². The lowest BCUT2D eigenvalue weighted by Crippen LogP contribution is -2.42. The number of amides is 3. The molecule has 2 N–H and O–H groups in total. The second-order valence-electron chi connectivity index (χ2n) is 10.4. The van der Waals surface area contributed by atoms with Crippen molar-refractivity contribution in [1.29, 1.82) is 0 Å². The molecule has 3 aromatic rings. The van der Waals surface area contributed by atoms with Gasteiger partial charge in [-0.15, -0.1) is 0 Å². The molecular formula is C28H29FN5O11P. The van der Waals surface area contributed by atoms with Crippen molar-refractivity contribution in [3.63, 3.8) is 0 Å². The zero-order valence-corrected chi connectivity index (χ0v) is 25.5. The van der Waals surface area contributed by atoms with E-state index in [2.05, 4.69) is 9.62 Å². The average molecular weight is 662 g/mol. The molecule has 0 aliphatic carbocycles. The molecule has 244 valence electrons. The predicted octanol–water partition coefficient (Wildman–Crippen LogP) is 2.81. The first-order valence-corrected chi connectivity index (χ1v) is 15.3. The van der Waals surface area contributed by atoms with Gasteiger partial charge in [0.15, 0.2) is 0 Å². The van der Waals surface area contributed by atoms with Crippen LogP contribution >= 0.6 is 7.82 Å². The summed E-state index contributed by atoms with van der Waals surface area (Å²) in [6.07, 6.45) is -1.02. The van der Waals surface area contributed by atoms with E-state index in [1.54, 1.807) is 16.8 Å². The Bertz CT molecular complexity index is 1690. The Morgan fingerprint density at radius 3 is 2.52 bits per heavy atom. The maximum absolute atomic E-state index is 15.2.